The first kappa shape index (κ1) is 10.0. The van der Waals surface area contributed by atoms with Crippen molar-refractivity contribution in [3.05, 3.63) is 24.3 Å². The number of ether oxygens (including phenoxy) is 1. The molecule has 0 radical (unpaired) electrons. The third kappa shape index (κ3) is 2.72. The molecule has 0 amide bonds. The Labute approximate surface area is 79.3 Å². The Morgan fingerprint density at radius 1 is 1.46 bits per heavy atom. The van der Waals surface area contributed by atoms with Gasteiger partial charge in [-0.1, -0.05) is 38.2 Å². The highest BCUT2D eigenvalue weighted by Crippen LogP contribution is 2.32. The molecule has 0 heterocycles. The molecule has 2 heteroatoms. The van der Waals surface area contributed by atoms with Gasteiger partial charge in [-0.3, -0.25) is 4.79 Å². The summed E-state index contributed by atoms with van der Waals surface area (Å²) in [5, 5.41) is 0. The molecule has 0 saturated heterocycles. The zero-order valence-corrected chi connectivity index (χ0v) is 8.41. The van der Waals surface area contributed by atoms with Crippen LogP contribution in [0.25, 0.3) is 0 Å². The van der Waals surface area contributed by atoms with Crippen LogP contribution in [0.4, 0.5) is 0 Å². The largest absolute Gasteiger partial charge is 0.465 e. The van der Waals surface area contributed by atoms with Gasteiger partial charge in [0.25, 0.3) is 0 Å². The lowest BCUT2D eigenvalue weighted by atomic mass is 9.76. The number of hydrogen-bond acceptors (Lipinski definition) is 2. The second-order valence-corrected chi connectivity index (χ2v) is 3.97. The maximum Gasteiger partial charge on any atom is 0.302 e. The first-order valence-electron chi connectivity index (χ1n) is 4.52. The number of carbonyl (C=O) groups is 1. The summed E-state index contributed by atoms with van der Waals surface area (Å²) < 4.78 is 4.99. The molecule has 1 atom stereocenters. The second kappa shape index (κ2) is 3.77. The molecule has 1 unspecified atom stereocenters. The summed E-state index contributed by atoms with van der Waals surface area (Å²) in [5.74, 6) is 0.0835. The maximum atomic E-state index is 10.6. The smallest absolute Gasteiger partial charge is 0.302 e. The molecule has 0 N–H and O–H groups in total. The molecule has 0 aromatic rings. The van der Waals surface area contributed by atoms with E-state index in [1.54, 1.807) is 0 Å². The lowest BCUT2D eigenvalue weighted by molar-refractivity contribution is -0.142. The number of carbonyl (C=O) groups excluding carboxylic acids is 1. The van der Waals surface area contributed by atoms with Crippen molar-refractivity contribution < 1.29 is 9.53 Å². The normalized spacial score (nSPS) is 24.4. The van der Waals surface area contributed by atoms with Crippen molar-refractivity contribution in [2.24, 2.45) is 11.3 Å². The molecular weight excluding hydrogens is 164 g/mol. The molecule has 0 bridgehead atoms. The van der Waals surface area contributed by atoms with Crippen LogP contribution in [0.2, 0.25) is 0 Å². The predicted octanol–water partition coefficient (Wildman–Crippen LogP) is 2.32. The number of allylic oxidation sites excluding steroid dienone is 3. The number of hydrogen-bond donors (Lipinski definition) is 0. The van der Waals surface area contributed by atoms with Crippen LogP contribution in [0.3, 0.4) is 0 Å². The molecular formula is C11H16O2. The number of esters is 1. The monoisotopic (exact) mass is 180 g/mol. The van der Waals surface area contributed by atoms with Crippen molar-refractivity contribution >= 4 is 5.97 Å². The zero-order chi connectivity index (χ0) is 9.90. The molecule has 1 aliphatic rings. The van der Waals surface area contributed by atoms with Gasteiger partial charge in [-0.2, -0.15) is 0 Å². The van der Waals surface area contributed by atoms with Crippen LogP contribution >= 0.6 is 0 Å². The molecule has 2 nitrogen and oxygen atoms in total. The third-order valence-electron chi connectivity index (χ3n) is 2.40. The Kier molecular flexibility index (Phi) is 2.91. The molecule has 1 aliphatic carbocycles. The average Bonchev–Trinajstić information content (AvgIpc) is 2.01. The maximum absolute atomic E-state index is 10.6. The Morgan fingerprint density at radius 3 is 2.69 bits per heavy atom. The average molecular weight is 180 g/mol. The van der Waals surface area contributed by atoms with Gasteiger partial charge < -0.3 is 4.74 Å². The van der Waals surface area contributed by atoms with E-state index in [2.05, 4.69) is 26.0 Å². The van der Waals surface area contributed by atoms with Crippen LogP contribution in [0.15, 0.2) is 24.3 Å². The highest BCUT2D eigenvalue weighted by Gasteiger charge is 2.26. The van der Waals surface area contributed by atoms with Crippen LogP contribution in [-0.2, 0) is 9.53 Å². The quantitative estimate of drug-likeness (QED) is 0.609. The van der Waals surface area contributed by atoms with Crippen molar-refractivity contribution in [3.8, 4) is 0 Å². The van der Waals surface area contributed by atoms with E-state index in [4.69, 9.17) is 4.74 Å². The molecule has 1 rings (SSSR count). The second-order valence-electron chi connectivity index (χ2n) is 3.97. The molecule has 0 saturated carbocycles. The molecule has 13 heavy (non-hydrogen) atoms. The van der Waals surface area contributed by atoms with Crippen molar-refractivity contribution in [2.45, 2.75) is 20.8 Å². The summed E-state index contributed by atoms with van der Waals surface area (Å²) >= 11 is 0. The van der Waals surface area contributed by atoms with Crippen LogP contribution in [-0.4, -0.2) is 12.6 Å². The fourth-order valence-corrected chi connectivity index (χ4v) is 1.35. The van der Waals surface area contributed by atoms with Gasteiger partial charge in [0.1, 0.15) is 0 Å². The van der Waals surface area contributed by atoms with Crippen molar-refractivity contribution in [1.29, 1.82) is 0 Å². The van der Waals surface area contributed by atoms with Crippen molar-refractivity contribution in [2.75, 3.05) is 6.61 Å². The van der Waals surface area contributed by atoms with Gasteiger partial charge in [0.2, 0.25) is 0 Å². The molecule has 0 fully saturated rings. The topological polar surface area (TPSA) is 26.3 Å². The number of rotatable bonds is 2. The lowest BCUT2D eigenvalue weighted by Gasteiger charge is -2.30. The van der Waals surface area contributed by atoms with Gasteiger partial charge in [0, 0.05) is 12.8 Å². The SMILES string of the molecule is CC(=O)OCC1C=CC=CC1(C)C. The summed E-state index contributed by atoms with van der Waals surface area (Å²) in [6, 6.07) is 0. The van der Waals surface area contributed by atoms with E-state index in [9.17, 15) is 4.79 Å². The first-order chi connectivity index (χ1) is 6.02. The third-order valence-corrected chi connectivity index (χ3v) is 2.40. The lowest BCUT2D eigenvalue weighted by Crippen LogP contribution is -2.26. The predicted molar refractivity (Wildman–Crippen MR) is 52.2 cm³/mol. The summed E-state index contributed by atoms with van der Waals surface area (Å²) in [7, 11) is 0. The van der Waals surface area contributed by atoms with Gasteiger partial charge in [0.05, 0.1) is 6.61 Å². The minimum atomic E-state index is -0.209. The molecule has 0 aliphatic heterocycles. The molecule has 0 aromatic carbocycles. The minimum Gasteiger partial charge on any atom is -0.465 e. The van der Waals surface area contributed by atoms with Gasteiger partial charge >= 0.3 is 5.97 Å². The van der Waals surface area contributed by atoms with E-state index < -0.39 is 0 Å². The van der Waals surface area contributed by atoms with E-state index in [1.807, 2.05) is 12.2 Å². The fraction of sp³-hybridized carbons (Fsp3) is 0.545. The Morgan fingerprint density at radius 2 is 2.15 bits per heavy atom. The highest BCUT2D eigenvalue weighted by molar-refractivity contribution is 5.65. The van der Waals surface area contributed by atoms with Gasteiger partial charge in [-0.05, 0) is 5.41 Å². The van der Waals surface area contributed by atoms with E-state index in [0.717, 1.165) is 0 Å². The summed E-state index contributed by atoms with van der Waals surface area (Å²) in [5.41, 5.74) is 0.0875. The zero-order valence-electron chi connectivity index (χ0n) is 8.41. The van der Waals surface area contributed by atoms with Crippen LogP contribution in [0.5, 0.6) is 0 Å². The van der Waals surface area contributed by atoms with E-state index >= 15 is 0 Å². The van der Waals surface area contributed by atoms with Crippen molar-refractivity contribution in [3.63, 3.8) is 0 Å². The summed E-state index contributed by atoms with van der Waals surface area (Å²) in [6.07, 6.45) is 8.26. The van der Waals surface area contributed by atoms with E-state index in [0.29, 0.717) is 12.5 Å². The van der Waals surface area contributed by atoms with E-state index in [-0.39, 0.29) is 11.4 Å². The molecule has 72 valence electrons. The van der Waals surface area contributed by atoms with Crippen LogP contribution in [0, 0.1) is 11.3 Å². The summed E-state index contributed by atoms with van der Waals surface area (Å²) in [6.45, 7) is 6.20. The van der Waals surface area contributed by atoms with Gasteiger partial charge in [-0.25, -0.2) is 0 Å². The fourth-order valence-electron chi connectivity index (χ4n) is 1.35. The Hall–Kier alpha value is -1.05. The molecule has 0 spiro atoms. The van der Waals surface area contributed by atoms with Gasteiger partial charge in [-0.15, -0.1) is 0 Å². The van der Waals surface area contributed by atoms with Crippen molar-refractivity contribution in [1.82, 2.24) is 0 Å². The highest BCUT2D eigenvalue weighted by atomic mass is 16.5. The van der Waals surface area contributed by atoms with Gasteiger partial charge in [0.15, 0.2) is 0 Å². The van der Waals surface area contributed by atoms with E-state index in [1.165, 1.54) is 6.92 Å². The minimum absolute atomic E-state index is 0.0875. The first-order valence-corrected chi connectivity index (χ1v) is 4.52. The van der Waals surface area contributed by atoms with Crippen LogP contribution in [0.1, 0.15) is 20.8 Å². The van der Waals surface area contributed by atoms with Crippen LogP contribution < -0.4 is 0 Å². The summed E-state index contributed by atoms with van der Waals surface area (Å²) in [4.78, 5) is 10.6. The Balaban J connectivity index is 2.54. The molecule has 0 aromatic heterocycles. The standard InChI is InChI=1S/C11H16O2/c1-9(12)13-8-10-6-4-5-7-11(10,2)3/h4-7,10H,8H2,1-3H3. The Bertz CT molecular complexity index is 249.